The summed E-state index contributed by atoms with van der Waals surface area (Å²) < 4.78 is 19.9. The first-order valence-corrected chi connectivity index (χ1v) is 16.0. The lowest BCUT2D eigenvalue weighted by molar-refractivity contribution is -0.157. The topological polar surface area (TPSA) is 27.7 Å². The molecule has 1 saturated carbocycles. The minimum atomic E-state index is -2.61. The van der Waals surface area contributed by atoms with Crippen LogP contribution in [-0.4, -0.2) is 39.7 Å². The predicted molar refractivity (Wildman–Crippen MR) is 152 cm³/mol. The fourth-order valence-corrected chi connectivity index (χ4v) is 11.8. The fraction of sp³-hybridized carbons (Fsp3) is 0.419. The van der Waals surface area contributed by atoms with Gasteiger partial charge in [0, 0.05) is 35.5 Å². The lowest BCUT2D eigenvalue weighted by Crippen LogP contribution is -2.67. The summed E-state index contributed by atoms with van der Waals surface area (Å²) in [5.41, 5.74) is -0.0160. The van der Waals surface area contributed by atoms with Crippen molar-refractivity contribution in [3.63, 3.8) is 0 Å². The zero-order chi connectivity index (χ0) is 25.1. The highest BCUT2D eigenvalue weighted by Gasteiger charge is 2.55. The molecule has 3 aromatic rings. The molecule has 1 atom stereocenters. The Balaban J connectivity index is 1.51. The summed E-state index contributed by atoms with van der Waals surface area (Å²) in [5.74, 6) is 0.551. The summed E-state index contributed by atoms with van der Waals surface area (Å²) in [6, 6.07) is 32.6. The molecule has 2 aliphatic rings. The van der Waals surface area contributed by atoms with E-state index in [9.17, 15) is 0 Å². The lowest BCUT2D eigenvalue weighted by Gasteiger charge is -2.45. The zero-order valence-electron chi connectivity index (χ0n) is 21.7. The van der Waals surface area contributed by atoms with Gasteiger partial charge in [-0.25, -0.2) is 0 Å². The van der Waals surface area contributed by atoms with E-state index in [1.54, 1.807) is 0 Å². The van der Waals surface area contributed by atoms with Gasteiger partial charge in [-0.1, -0.05) is 99.6 Å². The molecule has 0 amide bonds. The second-order valence-corrected chi connectivity index (χ2v) is 16.7. The molecule has 1 aliphatic heterocycles. The maximum atomic E-state index is 7.46. The van der Waals surface area contributed by atoms with E-state index in [1.165, 1.54) is 15.3 Å². The Hall–Kier alpha value is -1.89. The molecule has 3 aromatic carbocycles. The normalized spacial score (nSPS) is 21.8. The van der Waals surface area contributed by atoms with E-state index < -0.39 is 14.1 Å². The van der Waals surface area contributed by atoms with Crippen molar-refractivity contribution in [2.24, 2.45) is 5.41 Å². The van der Waals surface area contributed by atoms with Gasteiger partial charge in [-0.05, 0) is 34.0 Å². The van der Waals surface area contributed by atoms with E-state index in [1.807, 2.05) is 11.8 Å². The van der Waals surface area contributed by atoms with Gasteiger partial charge in [0.1, 0.15) is 0 Å². The lowest BCUT2D eigenvalue weighted by atomic mass is 9.89. The van der Waals surface area contributed by atoms with E-state index >= 15 is 0 Å². The summed E-state index contributed by atoms with van der Waals surface area (Å²) in [7, 11) is -2.61. The molecular formula is C31H38O3SSi. The summed E-state index contributed by atoms with van der Waals surface area (Å²) in [6.07, 6.45) is 2.87. The smallest absolute Gasteiger partial charge is 0.261 e. The van der Waals surface area contributed by atoms with Crippen molar-refractivity contribution in [1.29, 1.82) is 0 Å². The summed E-state index contributed by atoms with van der Waals surface area (Å²) in [5, 5.41) is 2.62. The number of rotatable bonds is 8. The van der Waals surface area contributed by atoms with Crippen molar-refractivity contribution < 1.29 is 13.9 Å². The Bertz CT molecular complexity index is 1070. The Morgan fingerprint density at radius 2 is 1.31 bits per heavy atom. The highest BCUT2D eigenvalue weighted by Crippen LogP contribution is 2.51. The van der Waals surface area contributed by atoms with Crippen LogP contribution in [0.5, 0.6) is 0 Å². The standard InChI is InChI=1S/C31H38O3SSi/c1-29(2,3)36(27-15-9-5-10-16-27,28-17-11-6-12-18-28)34-24-30(25-35-26-13-7-4-8-14-26)19-20-31(23-30)32-21-22-33-31/h4-18H,19-25H2,1-3H3/t30-/m0/s1. The third-order valence-corrected chi connectivity index (χ3v) is 14.1. The molecule has 0 unspecified atom stereocenters. The highest BCUT2D eigenvalue weighted by molar-refractivity contribution is 7.99. The van der Waals surface area contributed by atoms with Gasteiger partial charge in [0.25, 0.3) is 8.32 Å². The van der Waals surface area contributed by atoms with Crippen LogP contribution < -0.4 is 10.4 Å². The van der Waals surface area contributed by atoms with Gasteiger partial charge in [-0.2, -0.15) is 0 Å². The van der Waals surface area contributed by atoms with Crippen LogP contribution in [0.4, 0.5) is 0 Å². The van der Waals surface area contributed by atoms with Crippen LogP contribution in [0.3, 0.4) is 0 Å². The van der Waals surface area contributed by atoms with Gasteiger partial charge in [0.05, 0.1) is 13.2 Å². The summed E-state index contributed by atoms with van der Waals surface area (Å²) in [6.45, 7) is 9.14. The van der Waals surface area contributed by atoms with Crippen molar-refractivity contribution in [1.82, 2.24) is 0 Å². The number of hydrogen-bond acceptors (Lipinski definition) is 4. The molecule has 0 radical (unpaired) electrons. The van der Waals surface area contributed by atoms with E-state index in [0.717, 1.165) is 25.0 Å². The van der Waals surface area contributed by atoms with Gasteiger partial charge in [-0.15, -0.1) is 11.8 Å². The van der Waals surface area contributed by atoms with Crippen molar-refractivity contribution in [3.8, 4) is 0 Å². The molecule has 190 valence electrons. The van der Waals surface area contributed by atoms with Gasteiger partial charge in [0.15, 0.2) is 5.79 Å². The molecule has 1 saturated heterocycles. The number of benzene rings is 3. The number of ether oxygens (including phenoxy) is 2. The molecule has 5 rings (SSSR count). The Labute approximate surface area is 221 Å². The molecule has 0 aromatic heterocycles. The van der Waals surface area contributed by atoms with Gasteiger partial charge >= 0.3 is 0 Å². The maximum Gasteiger partial charge on any atom is 0.261 e. The van der Waals surface area contributed by atoms with Crippen molar-refractivity contribution in [3.05, 3.63) is 91.0 Å². The number of hydrogen-bond donors (Lipinski definition) is 0. The van der Waals surface area contributed by atoms with Crippen LogP contribution in [-0.2, 0) is 13.9 Å². The third-order valence-electron chi connectivity index (χ3n) is 7.79. The molecule has 2 fully saturated rings. The maximum absolute atomic E-state index is 7.46. The molecule has 3 nitrogen and oxygen atoms in total. The largest absolute Gasteiger partial charge is 0.407 e. The molecule has 1 spiro atoms. The van der Waals surface area contributed by atoms with E-state index in [2.05, 4.69) is 112 Å². The monoisotopic (exact) mass is 518 g/mol. The SMILES string of the molecule is CC(C)(C)[Si](OC[C@]1(CSc2ccccc2)CCC2(C1)OCCO2)(c1ccccc1)c1ccccc1. The molecule has 5 heteroatoms. The average Bonchev–Trinajstić information content (AvgIpc) is 3.51. The first kappa shape index (κ1) is 25.7. The Morgan fingerprint density at radius 3 is 1.83 bits per heavy atom. The van der Waals surface area contributed by atoms with Gasteiger partial charge in [0.2, 0.25) is 0 Å². The van der Waals surface area contributed by atoms with Crippen LogP contribution in [0, 0.1) is 5.41 Å². The molecule has 1 heterocycles. The summed E-state index contributed by atoms with van der Waals surface area (Å²) in [4.78, 5) is 1.30. The van der Waals surface area contributed by atoms with Crippen molar-refractivity contribution in [2.45, 2.75) is 55.8 Å². The quantitative estimate of drug-likeness (QED) is 0.260. The van der Waals surface area contributed by atoms with Gasteiger partial charge in [-0.3, -0.25) is 0 Å². The predicted octanol–water partition coefficient (Wildman–Crippen LogP) is 6.27. The highest BCUT2D eigenvalue weighted by atomic mass is 32.2. The molecule has 0 N–H and O–H groups in total. The second kappa shape index (κ2) is 10.5. The molecule has 1 aliphatic carbocycles. The van der Waals surface area contributed by atoms with Crippen molar-refractivity contribution >= 4 is 30.5 Å². The molecule has 0 bridgehead atoms. The summed E-state index contributed by atoms with van der Waals surface area (Å²) >= 11 is 1.93. The first-order chi connectivity index (χ1) is 17.4. The van der Waals surface area contributed by atoms with Crippen molar-refractivity contribution in [2.75, 3.05) is 25.6 Å². The Kier molecular flexibility index (Phi) is 7.48. The van der Waals surface area contributed by atoms with E-state index in [4.69, 9.17) is 13.9 Å². The third kappa shape index (κ3) is 5.09. The zero-order valence-corrected chi connectivity index (χ0v) is 23.6. The second-order valence-electron chi connectivity index (χ2n) is 11.3. The fourth-order valence-electron chi connectivity index (χ4n) is 6.01. The van der Waals surface area contributed by atoms with Gasteiger partial charge < -0.3 is 13.9 Å². The van der Waals surface area contributed by atoms with Crippen LogP contribution in [0.15, 0.2) is 95.9 Å². The van der Waals surface area contributed by atoms with E-state index in [-0.39, 0.29) is 10.5 Å². The van der Waals surface area contributed by atoms with Crippen LogP contribution >= 0.6 is 11.8 Å². The minimum absolute atomic E-state index is 0.0160. The molecular weight excluding hydrogens is 480 g/mol. The minimum Gasteiger partial charge on any atom is -0.407 e. The number of thioether (sulfide) groups is 1. The first-order valence-electron chi connectivity index (χ1n) is 13.1. The molecule has 36 heavy (non-hydrogen) atoms. The van der Waals surface area contributed by atoms with Crippen LogP contribution in [0.1, 0.15) is 40.0 Å². The average molecular weight is 519 g/mol. The van der Waals surface area contributed by atoms with Crippen LogP contribution in [0.2, 0.25) is 5.04 Å². The van der Waals surface area contributed by atoms with Crippen LogP contribution in [0.25, 0.3) is 0 Å². The Morgan fingerprint density at radius 1 is 0.778 bits per heavy atom. The van der Waals surface area contributed by atoms with E-state index in [0.29, 0.717) is 19.8 Å².